The van der Waals surface area contributed by atoms with E-state index in [4.69, 9.17) is 4.74 Å². The first-order valence-electron chi connectivity index (χ1n) is 5.31. The van der Waals surface area contributed by atoms with Gasteiger partial charge in [0.15, 0.2) is 0 Å². The van der Waals surface area contributed by atoms with Crippen molar-refractivity contribution in [1.29, 1.82) is 0 Å². The molecule has 8 nitrogen and oxygen atoms in total. The number of anilines is 1. The summed E-state index contributed by atoms with van der Waals surface area (Å²) in [7, 11) is 0. The van der Waals surface area contributed by atoms with Gasteiger partial charge in [0.1, 0.15) is 0 Å². The summed E-state index contributed by atoms with van der Waals surface area (Å²) < 4.78 is 5.20. The van der Waals surface area contributed by atoms with E-state index in [-0.39, 0.29) is 12.4 Å². The molecule has 8 heteroatoms. The molecule has 1 fully saturated rings. The highest BCUT2D eigenvalue weighted by atomic mass is 16.5. The third-order valence-corrected chi connectivity index (χ3v) is 2.85. The smallest absolute Gasteiger partial charge is 0.342 e. The van der Waals surface area contributed by atoms with Crippen molar-refractivity contribution in [3.8, 4) is 0 Å². The Bertz CT molecular complexity index is 488. The monoisotopic (exact) mass is 242 g/mol. The zero-order chi connectivity index (χ0) is 12.3. The fraction of sp³-hybridized carbons (Fsp3) is 0.667. The number of aliphatic hydroxyl groups excluding tert-OH is 1. The molecule has 0 bridgehead atoms. The van der Waals surface area contributed by atoms with Crippen molar-refractivity contribution in [3.05, 3.63) is 20.8 Å². The molecule has 4 N–H and O–H groups in total. The van der Waals surface area contributed by atoms with Gasteiger partial charge in [-0.15, -0.1) is 5.10 Å². The summed E-state index contributed by atoms with van der Waals surface area (Å²) in [4.78, 5) is 24.3. The maximum atomic E-state index is 11.5. The van der Waals surface area contributed by atoms with Gasteiger partial charge in [0.25, 0.3) is 5.56 Å². The molecule has 1 aromatic rings. The van der Waals surface area contributed by atoms with Crippen LogP contribution in [-0.2, 0) is 4.74 Å². The molecule has 94 valence electrons. The number of ether oxygens (including phenoxy) is 1. The third kappa shape index (κ3) is 2.53. The molecule has 0 spiro atoms. The molecule has 1 aliphatic heterocycles. The van der Waals surface area contributed by atoms with E-state index in [0.717, 1.165) is 0 Å². The highest BCUT2D eigenvalue weighted by Gasteiger charge is 2.32. The Hall–Kier alpha value is -1.67. The van der Waals surface area contributed by atoms with Crippen LogP contribution in [0.15, 0.2) is 9.59 Å². The second-order valence-corrected chi connectivity index (χ2v) is 4.03. The van der Waals surface area contributed by atoms with Crippen LogP contribution >= 0.6 is 0 Å². The lowest BCUT2D eigenvalue weighted by molar-refractivity contribution is 0.0377. The number of aromatic nitrogens is 3. The van der Waals surface area contributed by atoms with Crippen molar-refractivity contribution in [2.24, 2.45) is 0 Å². The third-order valence-electron chi connectivity index (χ3n) is 2.85. The van der Waals surface area contributed by atoms with Crippen molar-refractivity contribution >= 4 is 5.82 Å². The molecule has 0 amide bonds. The predicted molar refractivity (Wildman–Crippen MR) is 59.0 cm³/mol. The lowest BCUT2D eigenvalue weighted by atomic mass is 9.91. The highest BCUT2D eigenvalue weighted by molar-refractivity contribution is 5.33. The van der Waals surface area contributed by atoms with Crippen LogP contribution in [-0.4, -0.2) is 45.6 Å². The molecule has 0 radical (unpaired) electrons. The second kappa shape index (κ2) is 4.68. The molecule has 17 heavy (non-hydrogen) atoms. The van der Waals surface area contributed by atoms with Crippen molar-refractivity contribution in [2.75, 3.05) is 25.1 Å². The maximum Gasteiger partial charge on any atom is 0.342 e. The number of rotatable bonds is 3. The zero-order valence-electron chi connectivity index (χ0n) is 9.15. The second-order valence-electron chi connectivity index (χ2n) is 4.03. The van der Waals surface area contributed by atoms with Gasteiger partial charge >= 0.3 is 5.69 Å². The molecular weight excluding hydrogens is 228 g/mol. The number of nitrogens with zero attached hydrogens (tertiary/aromatic N) is 1. The van der Waals surface area contributed by atoms with Gasteiger partial charge in [0.05, 0.1) is 12.1 Å². The Morgan fingerprint density at radius 1 is 1.41 bits per heavy atom. The van der Waals surface area contributed by atoms with Crippen LogP contribution < -0.4 is 16.6 Å². The first-order valence-corrected chi connectivity index (χ1v) is 5.31. The van der Waals surface area contributed by atoms with Crippen molar-refractivity contribution < 1.29 is 9.84 Å². The summed E-state index contributed by atoms with van der Waals surface area (Å²) in [5.74, 6) is 0.000509. The van der Waals surface area contributed by atoms with Crippen molar-refractivity contribution in [2.45, 2.75) is 18.4 Å². The normalized spacial score (nSPS) is 18.9. The van der Waals surface area contributed by atoms with Gasteiger partial charge in [-0.1, -0.05) is 0 Å². The van der Waals surface area contributed by atoms with Crippen LogP contribution in [0.2, 0.25) is 0 Å². The van der Waals surface area contributed by atoms with Gasteiger partial charge in [-0.25, -0.2) is 9.89 Å². The van der Waals surface area contributed by atoms with E-state index in [9.17, 15) is 14.7 Å². The molecule has 0 saturated carbocycles. The summed E-state index contributed by atoms with van der Waals surface area (Å²) >= 11 is 0. The van der Waals surface area contributed by atoms with E-state index in [1.165, 1.54) is 0 Å². The van der Waals surface area contributed by atoms with Crippen LogP contribution in [0.4, 0.5) is 5.82 Å². The van der Waals surface area contributed by atoms with E-state index in [1.807, 2.05) is 0 Å². The summed E-state index contributed by atoms with van der Waals surface area (Å²) in [6.45, 7) is 0.889. The lowest BCUT2D eigenvalue weighted by Crippen LogP contribution is -2.48. The molecule has 0 aromatic carbocycles. The quantitative estimate of drug-likeness (QED) is 0.507. The largest absolute Gasteiger partial charge is 0.394 e. The first kappa shape index (κ1) is 11.8. The number of aliphatic hydroxyl groups is 1. The minimum Gasteiger partial charge on any atom is -0.394 e. The summed E-state index contributed by atoms with van der Waals surface area (Å²) in [6, 6.07) is 0. The summed E-state index contributed by atoms with van der Waals surface area (Å²) in [5, 5.41) is 18.1. The minimum atomic E-state index is -0.662. The molecule has 0 aliphatic carbocycles. The van der Waals surface area contributed by atoms with E-state index in [2.05, 4.69) is 20.5 Å². The van der Waals surface area contributed by atoms with Gasteiger partial charge < -0.3 is 15.2 Å². The van der Waals surface area contributed by atoms with E-state index < -0.39 is 16.8 Å². The van der Waals surface area contributed by atoms with Crippen LogP contribution in [0.25, 0.3) is 0 Å². The minimum absolute atomic E-state index is 0.000509. The molecular formula is C9H14N4O4. The molecule has 1 aromatic heterocycles. The highest BCUT2D eigenvalue weighted by Crippen LogP contribution is 2.23. The Balaban J connectivity index is 2.23. The number of H-pyrrole nitrogens is 2. The number of nitrogens with one attached hydrogen (secondary N) is 3. The molecule has 2 rings (SSSR count). The Morgan fingerprint density at radius 2 is 2.12 bits per heavy atom. The molecule has 1 saturated heterocycles. The Labute approximate surface area is 96.0 Å². The van der Waals surface area contributed by atoms with Crippen LogP contribution in [0.5, 0.6) is 0 Å². The number of aromatic amines is 2. The topological polar surface area (TPSA) is 120 Å². The SMILES string of the molecule is O=c1[nH]nc(NC2(CO)CCOCC2)c(=O)[nH]1. The van der Waals surface area contributed by atoms with Crippen molar-refractivity contribution in [1.82, 2.24) is 15.2 Å². The molecule has 1 aliphatic rings. The lowest BCUT2D eigenvalue weighted by Gasteiger charge is -2.36. The van der Waals surface area contributed by atoms with Crippen molar-refractivity contribution in [3.63, 3.8) is 0 Å². The van der Waals surface area contributed by atoms with Gasteiger partial charge in [-0.05, 0) is 12.8 Å². The van der Waals surface area contributed by atoms with Gasteiger partial charge in [-0.3, -0.25) is 9.78 Å². The molecule has 2 heterocycles. The van der Waals surface area contributed by atoms with Crippen LogP contribution in [0, 0.1) is 0 Å². The van der Waals surface area contributed by atoms with E-state index in [0.29, 0.717) is 26.1 Å². The number of hydrogen-bond donors (Lipinski definition) is 4. The summed E-state index contributed by atoms with van der Waals surface area (Å²) in [5.41, 5.74) is -1.88. The fourth-order valence-electron chi connectivity index (χ4n) is 1.77. The molecule has 0 unspecified atom stereocenters. The zero-order valence-corrected chi connectivity index (χ0v) is 9.15. The summed E-state index contributed by atoms with van der Waals surface area (Å²) in [6.07, 6.45) is 1.15. The van der Waals surface area contributed by atoms with E-state index >= 15 is 0 Å². The average Bonchev–Trinajstić information content (AvgIpc) is 2.34. The average molecular weight is 242 g/mol. The van der Waals surface area contributed by atoms with E-state index in [1.54, 1.807) is 0 Å². The van der Waals surface area contributed by atoms with Crippen LogP contribution in [0.1, 0.15) is 12.8 Å². The number of hydrogen-bond acceptors (Lipinski definition) is 6. The van der Waals surface area contributed by atoms with Gasteiger partial charge in [0.2, 0.25) is 5.82 Å². The fourth-order valence-corrected chi connectivity index (χ4v) is 1.77. The van der Waals surface area contributed by atoms with Crippen LogP contribution in [0.3, 0.4) is 0 Å². The molecule has 0 atom stereocenters. The predicted octanol–water partition coefficient (Wildman–Crippen LogP) is -1.59. The van der Waals surface area contributed by atoms with Gasteiger partial charge in [0, 0.05) is 13.2 Å². The first-order chi connectivity index (χ1) is 8.15. The van der Waals surface area contributed by atoms with Gasteiger partial charge in [-0.2, -0.15) is 0 Å². The Morgan fingerprint density at radius 3 is 2.71 bits per heavy atom. The standard InChI is InChI=1S/C9H14N4O4/c14-5-9(1-3-17-4-2-9)11-6-7(15)10-8(16)13-12-6/h14H,1-5H2,(H,11,12)(H2,10,13,15,16). The maximum absolute atomic E-state index is 11.5. The Kier molecular flexibility index (Phi) is 3.25.